The van der Waals surface area contributed by atoms with Crippen molar-refractivity contribution in [2.75, 3.05) is 46.5 Å². The molecule has 1 atom stereocenters. The van der Waals surface area contributed by atoms with Crippen LogP contribution < -0.4 is 4.74 Å². The average molecular weight is 451 g/mol. The van der Waals surface area contributed by atoms with Gasteiger partial charge in [0.1, 0.15) is 11.5 Å². The van der Waals surface area contributed by atoms with Crippen LogP contribution in [0.4, 0.5) is 0 Å². The third kappa shape index (κ3) is 4.94. The van der Waals surface area contributed by atoms with E-state index in [1.807, 2.05) is 31.2 Å². The standard InChI is InChI=1S/C26H30N2O5/c1-18-4-6-20(7-5-18)24(29)22-23(19-8-10-21(32-2)11-9-19)28(26(31)25(22)30)13-3-12-27-14-16-33-17-15-27/h4-11,23,29H,3,12-17H2,1-2H3/b24-22+/t23-/m0/s1. The Labute approximate surface area is 194 Å². The van der Waals surface area contributed by atoms with Gasteiger partial charge in [0, 0.05) is 31.7 Å². The topological polar surface area (TPSA) is 79.3 Å². The fraction of sp³-hybridized carbons (Fsp3) is 0.385. The Morgan fingerprint density at radius 2 is 1.70 bits per heavy atom. The van der Waals surface area contributed by atoms with Crippen molar-refractivity contribution >= 4 is 17.4 Å². The van der Waals surface area contributed by atoms with E-state index >= 15 is 0 Å². The number of hydrogen-bond acceptors (Lipinski definition) is 6. The van der Waals surface area contributed by atoms with Crippen LogP contribution >= 0.6 is 0 Å². The van der Waals surface area contributed by atoms with Crippen LogP contribution in [0.15, 0.2) is 54.1 Å². The molecule has 0 saturated carbocycles. The van der Waals surface area contributed by atoms with E-state index in [1.165, 1.54) is 0 Å². The zero-order valence-corrected chi connectivity index (χ0v) is 19.1. The predicted octanol–water partition coefficient (Wildman–Crippen LogP) is 3.15. The van der Waals surface area contributed by atoms with Crippen LogP contribution in [0.3, 0.4) is 0 Å². The number of carbonyl (C=O) groups excluding carboxylic acids is 2. The summed E-state index contributed by atoms with van der Waals surface area (Å²) in [6.45, 7) is 6.36. The summed E-state index contributed by atoms with van der Waals surface area (Å²) in [6.07, 6.45) is 0.726. The zero-order valence-electron chi connectivity index (χ0n) is 19.1. The maximum absolute atomic E-state index is 13.1. The van der Waals surface area contributed by atoms with Gasteiger partial charge in [-0.25, -0.2) is 0 Å². The number of aliphatic hydroxyl groups excluding tert-OH is 1. The Hall–Kier alpha value is -3.16. The molecular weight excluding hydrogens is 420 g/mol. The van der Waals surface area contributed by atoms with E-state index in [0.717, 1.165) is 37.2 Å². The molecule has 7 heteroatoms. The first-order valence-corrected chi connectivity index (χ1v) is 11.3. The van der Waals surface area contributed by atoms with E-state index in [9.17, 15) is 14.7 Å². The number of nitrogens with zero attached hydrogens (tertiary/aromatic N) is 2. The van der Waals surface area contributed by atoms with E-state index in [2.05, 4.69) is 4.90 Å². The molecule has 2 saturated heterocycles. The lowest BCUT2D eigenvalue weighted by Crippen LogP contribution is -2.38. The van der Waals surface area contributed by atoms with Gasteiger partial charge in [-0.05, 0) is 31.0 Å². The Bertz CT molecular complexity index is 1020. The molecule has 2 aliphatic rings. The number of ether oxygens (including phenoxy) is 2. The molecule has 0 spiro atoms. The maximum Gasteiger partial charge on any atom is 0.295 e. The van der Waals surface area contributed by atoms with Crippen molar-refractivity contribution in [2.45, 2.75) is 19.4 Å². The fourth-order valence-electron chi connectivity index (χ4n) is 4.40. The minimum absolute atomic E-state index is 0.125. The lowest BCUT2D eigenvalue weighted by Gasteiger charge is -2.29. The number of hydrogen-bond donors (Lipinski definition) is 1. The zero-order chi connectivity index (χ0) is 23.4. The first-order valence-electron chi connectivity index (χ1n) is 11.3. The van der Waals surface area contributed by atoms with Crippen molar-refractivity contribution in [1.82, 2.24) is 9.80 Å². The quantitative estimate of drug-likeness (QED) is 0.397. The second-order valence-electron chi connectivity index (χ2n) is 8.44. The van der Waals surface area contributed by atoms with Crippen molar-refractivity contribution in [3.05, 3.63) is 70.8 Å². The highest BCUT2D eigenvalue weighted by Gasteiger charge is 2.45. The van der Waals surface area contributed by atoms with Crippen molar-refractivity contribution in [1.29, 1.82) is 0 Å². The minimum atomic E-state index is -0.653. The van der Waals surface area contributed by atoms with E-state index < -0.39 is 17.7 Å². The van der Waals surface area contributed by atoms with Gasteiger partial charge in [0.2, 0.25) is 0 Å². The van der Waals surface area contributed by atoms with E-state index in [1.54, 1.807) is 36.3 Å². The number of aliphatic hydroxyl groups is 1. The molecule has 2 aromatic rings. The summed E-state index contributed by atoms with van der Waals surface area (Å²) in [4.78, 5) is 30.1. The molecule has 174 valence electrons. The van der Waals surface area contributed by atoms with Gasteiger partial charge in [-0.2, -0.15) is 0 Å². The van der Waals surface area contributed by atoms with Gasteiger partial charge in [0.05, 0.1) is 31.9 Å². The van der Waals surface area contributed by atoms with Gasteiger partial charge in [0.25, 0.3) is 11.7 Å². The van der Waals surface area contributed by atoms with E-state index in [4.69, 9.17) is 9.47 Å². The number of carbonyl (C=O) groups is 2. The first-order chi connectivity index (χ1) is 16.0. The minimum Gasteiger partial charge on any atom is -0.507 e. The summed E-state index contributed by atoms with van der Waals surface area (Å²) in [5, 5.41) is 11.1. The van der Waals surface area contributed by atoms with Crippen LogP contribution in [-0.4, -0.2) is 73.1 Å². The Morgan fingerprint density at radius 3 is 2.33 bits per heavy atom. The normalized spacial score (nSPS) is 20.9. The summed E-state index contributed by atoms with van der Waals surface area (Å²) in [6, 6.07) is 13.9. The number of methoxy groups -OCH3 is 1. The highest BCUT2D eigenvalue weighted by molar-refractivity contribution is 6.46. The number of likely N-dealkylation sites (tertiary alicyclic amines) is 1. The first kappa shape index (κ1) is 23.0. The second kappa shape index (κ2) is 10.2. The van der Waals surface area contributed by atoms with Crippen molar-refractivity contribution < 1.29 is 24.2 Å². The largest absolute Gasteiger partial charge is 0.507 e. The number of Topliss-reactive ketones (excluding diaryl/α,β-unsaturated/α-hetero) is 1. The number of ketones is 1. The third-order valence-electron chi connectivity index (χ3n) is 6.27. The highest BCUT2D eigenvalue weighted by atomic mass is 16.5. The monoisotopic (exact) mass is 450 g/mol. The van der Waals surface area contributed by atoms with Crippen LogP contribution in [0.1, 0.15) is 29.2 Å². The van der Waals surface area contributed by atoms with Crippen LogP contribution in [0.2, 0.25) is 0 Å². The van der Waals surface area contributed by atoms with Crippen LogP contribution in [-0.2, 0) is 14.3 Å². The molecule has 2 aromatic carbocycles. The van der Waals surface area contributed by atoms with E-state index in [-0.39, 0.29) is 11.3 Å². The van der Waals surface area contributed by atoms with Gasteiger partial charge >= 0.3 is 0 Å². The summed E-state index contributed by atoms with van der Waals surface area (Å²) in [5.41, 5.74) is 2.45. The number of rotatable bonds is 7. The Balaban J connectivity index is 1.66. The Kier molecular flexibility index (Phi) is 7.11. The molecule has 2 aliphatic heterocycles. The molecule has 0 radical (unpaired) electrons. The molecule has 7 nitrogen and oxygen atoms in total. The summed E-state index contributed by atoms with van der Waals surface area (Å²) in [5.74, 6) is -0.696. The molecule has 0 bridgehead atoms. The molecule has 1 N–H and O–H groups in total. The molecule has 2 heterocycles. The predicted molar refractivity (Wildman–Crippen MR) is 125 cm³/mol. The number of benzene rings is 2. The lowest BCUT2D eigenvalue weighted by molar-refractivity contribution is -0.140. The Morgan fingerprint density at radius 1 is 1.03 bits per heavy atom. The fourth-order valence-corrected chi connectivity index (χ4v) is 4.40. The SMILES string of the molecule is COc1ccc([C@H]2/C(=C(\O)c3ccc(C)cc3)C(=O)C(=O)N2CCCN2CCOCC2)cc1. The second-order valence-corrected chi connectivity index (χ2v) is 8.44. The van der Waals surface area contributed by atoms with Crippen molar-refractivity contribution in [3.8, 4) is 5.75 Å². The summed E-state index contributed by atoms with van der Waals surface area (Å²) >= 11 is 0. The maximum atomic E-state index is 13.1. The molecule has 33 heavy (non-hydrogen) atoms. The van der Waals surface area contributed by atoms with Gasteiger partial charge in [-0.3, -0.25) is 14.5 Å². The highest BCUT2D eigenvalue weighted by Crippen LogP contribution is 2.39. The average Bonchev–Trinajstić information content (AvgIpc) is 3.10. The number of aryl methyl sites for hydroxylation is 1. The van der Waals surface area contributed by atoms with Gasteiger partial charge in [-0.15, -0.1) is 0 Å². The van der Waals surface area contributed by atoms with Gasteiger partial charge in [0.15, 0.2) is 0 Å². The molecule has 4 rings (SSSR count). The molecular formula is C26H30N2O5. The molecule has 0 unspecified atom stereocenters. The van der Waals surface area contributed by atoms with Crippen LogP contribution in [0.25, 0.3) is 5.76 Å². The lowest BCUT2D eigenvalue weighted by atomic mass is 9.95. The molecule has 1 amide bonds. The van der Waals surface area contributed by atoms with E-state index in [0.29, 0.717) is 31.1 Å². The molecule has 2 fully saturated rings. The number of amides is 1. The van der Waals surface area contributed by atoms with Crippen LogP contribution in [0, 0.1) is 6.92 Å². The smallest absolute Gasteiger partial charge is 0.295 e. The third-order valence-corrected chi connectivity index (χ3v) is 6.27. The van der Waals surface area contributed by atoms with Crippen LogP contribution in [0.5, 0.6) is 5.75 Å². The van der Waals surface area contributed by atoms with Gasteiger partial charge in [-0.1, -0.05) is 42.0 Å². The molecule has 0 aromatic heterocycles. The summed E-state index contributed by atoms with van der Waals surface area (Å²) < 4.78 is 10.7. The van der Waals surface area contributed by atoms with Crippen molar-refractivity contribution in [2.24, 2.45) is 0 Å². The molecule has 0 aliphatic carbocycles. The summed E-state index contributed by atoms with van der Waals surface area (Å²) in [7, 11) is 1.59. The van der Waals surface area contributed by atoms with Crippen molar-refractivity contribution in [3.63, 3.8) is 0 Å². The van der Waals surface area contributed by atoms with Gasteiger partial charge < -0.3 is 19.5 Å². The number of morpholine rings is 1.